The van der Waals surface area contributed by atoms with Crippen LogP contribution in [0.25, 0.3) is 0 Å². The smallest absolute Gasteiger partial charge is 0.222 e. The van der Waals surface area contributed by atoms with Gasteiger partial charge in [-0.25, -0.2) is 4.98 Å². The maximum atomic E-state index is 12.4. The summed E-state index contributed by atoms with van der Waals surface area (Å²) in [5.74, 6) is 1.38. The molecule has 2 aliphatic heterocycles. The lowest BCUT2D eigenvalue weighted by Gasteiger charge is -2.39. The first kappa shape index (κ1) is 21.6. The number of piperazine rings is 1. The summed E-state index contributed by atoms with van der Waals surface area (Å²) >= 11 is 0. The maximum Gasteiger partial charge on any atom is 0.222 e. The molecule has 0 unspecified atom stereocenters. The van der Waals surface area contributed by atoms with Crippen LogP contribution in [0.4, 0.5) is 5.82 Å². The van der Waals surface area contributed by atoms with Crippen LogP contribution < -0.4 is 4.90 Å². The van der Waals surface area contributed by atoms with Crippen LogP contribution in [0.15, 0.2) is 0 Å². The highest BCUT2D eigenvalue weighted by molar-refractivity contribution is 5.76. The average Bonchev–Trinajstić information content (AvgIpc) is 2.70. The highest BCUT2D eigenvalue weighted by Crippen LogP contribution is 2.37. The molecule has 0 bridgehead atoms. The van der Waals surface area contributed by atoms with E-state index >= 15 is 0 Å². The van der Waals surface area contributed by atoms with Crippen LogP contribution in [-0.4, -0.2) is 47.6 Å². The number of amides is 1. The molecule has 0 radical (unpaired) electrons. The van der Waals surface area contributed by atoms with Gasteiger partial charge in [0.25, 0.3) is 0 Å². The molecule has 1 amide bonds. The van der Waals surface area contributed by atoms with E-state index in [9.17, 15) is 10.1 Å². The maximum absolute atomic E-state index is 12.4. The Morgan fingerprint density at radius 3 is 2.52 bits per heavy atom. The van der Waals surface area contributed by atoms with E-state index in [2.05, 4.69) is 45.6 Å². The lowest BCUT2D eigenvalue weighted by atomic mass is 9.86. The fraction of sp³-hybridized carbons (Fsp3) is 0.696. The molecule has 2 aliphatic rings. The number of anilines is 1. The van der Waals surface area contributed by atoms with Crippen molar-refractivity contribution in [3.05, 3.63) is 22.4 Å². The monoisotopic (exact) mass is 398 g/mol. The van der Waals surface area contributed by atoms with Crippen molar-refractivity contribution in [3.63, 3.8) is 0 Å². The third kappa shape index (κ3) is 4.56. The zero-order valence-electron chi connectivity index (χ0n) is 18.5. The van der Waals surface area contributed by atoms with Crippen molar-refractivity contribution in [2.75, 3.05) is 31.1 Å². The van der Waals surface area contributed by atoms with E-state index in [4.69, 9.17) is 9.72 Å². The Kier molecular flexibility index (Phi) is 6.48. The van der Waals surface area contributed by atoms with Crippen molar-refractivity contribution < 1.29 is 9.53 Å². The zero-order chi connectivity index (χ0) is 21.2. The number of carbonyl (C=O) groups excluding carboxylic acids is 1. The molecule has 1 fully saturated rings. The minimum Gasteiger partial charge on any atom is -0.370 e. The van der Waals surface area contributed by atoms with E-state index in [1.807, 2.05) is 4.90 Å². The molecule has 1 saturated heterocycles. The van der Waals surface area contributed by atoms with Gasteiger partial charge in [0, 0.05) is 44.6 Å². The molecule has 6 nitrogen and oxygen atoms in total. The number of pyridine rings is 1. The fourth-order valence-corrected chi connectivity index (χ4v) is 4.23. The van der Waals surface area contributed by atoms with Crippen molar-refractivity contribution >= 4 is 11.7 Å². The van der Waals surface area contributed by atoms with E-state index < -0.39 is 0 Å². The lowest BCUT2D eigenvalue weighted by molar-refractivity contribution is -0.131. The largest absolute Gasteiger partial charge is 0.370 e. The van der Waals surface area contributed by atoms with E-state index in [0.29, 0.717) is 13.0 Å². The number of nitriles is 1. The Morgan fingerprint density at radius 1 is 1.24 bits per heavy atom. The number of aromatic nitrogens is 1. The molecule has 1 aromatic heterocycles. The summed E-state index contributed by atoms with van der Waals surface area (Å²) in [6.07, 6.45) is 3.35. The van der Waals surface area contributed by atoms with Gasteiger partial charge in [-0.05, 0) is 31.7 Å². The molecule has 0 aromatic carbocycles. The quantitative estimate of drug-likeness (QED) is 0.755. The van der Waals surface area contributed by atoms with Gasteiger partial charge in [0.05, 0.1) is 23.5 Å². The van der Waals surface area contributed by atoms with Gasteiger partial charge >= 0.3 is 0 Å². The summed E-state index contributed by atoms with van der Waals surface area (Å²) in [7, 11) is 0. The van der Waals surface area contributed by atoms with Crippen LogP contribution in [0.1, 0.15) is 82.2 Å². The molecule has 0 aliphatic carbocycles. The van der Waals surface area contributed by atoms with Crippen molar-refractivity contribution in [3.8, 4) is 6.07 Å². The highest BCUT2D eigenvalue weighted by atomic mass is 16.5. The molecule has 6 heteroatoms. The first-order valence-electron chi connectivity index (χ1n) is 10.9. The molecule has 0 spiro atoms. The van der Waals surface area contributed by atoms with Gasteiger partial charge in [0.1, 0.15) is 11.9 Å². The predicted octanol–water partition coefficient (Wildman–Crippen LogP) is 3.77. The molecule has 3 rings (SSSR count). The van der Waals surface area contributed by atoms with Crippen LogP contribution in [0.3, 0.4) is 0 Å². The molecule has 3 heterocycles. The van der Waals surface area contributed by atoms with Gasteiger partial charge in [-0.3, -0.25) is 4.79 Å². The summed E-state index contributed by atoms with van der Waals surface area (Å²) in [4.78, 5) is 21.6. The Labute approximate surface area is 174 Å². The predicted molar refractivity (Wildman–Crippen MR) is 114 cm³/mol. The van der Waals surface area contributed by atoms with E-state index in [1.165, 1.54) is 0 Å². The Bertz CT molecular complexity index is 802. The topological polar surface area (TPSA) is 69.5 Å². The number of ether oxygens (including phenoxy) is 1. The van der Waals surface area contributed by atoms with Crippen LogP contribution >= 0.6 is 0 Å². The standard InChI is InChI=1S/C23H34N4O2/c1-6-7-8-20(28)26-9-11-27(12-10-26)22-19-15-29-23(4,5)13-17(19)18(14-24)21(25-22)16(2)3/h16H,6-13,15H2,1-5H3. The fourth-order valence-electron chi connectivity index (χ4n) is 4.23. The van der Waals surface area contributed by atoms with Crippen LogP contribution in [0, 0.1) is 11.3 Å². The van der Waals surface area contributed by atoms with Crippen molar-refractivity contribution in [1.82, 2.24) is 9.88 Å². The summed E-state index contributed by atoms with van der Waals surface area (Å²) in [5, 5.41) is 9.87. The first-order valence-corrected chi connectivity index (χ1v) is 10.9. The van der Waals surface area contributed by atoms with Gasteiger partial charge < -0.3 is 14.5 Å². The molecule has 1 aromatic rings. The third-order valence-corrected chi connectivity index (χ3v) is 5.96. The Morgan fingerprint density at radius 2 is 1.93 bits per heavy atom. The summed E-state index contributed by atoms with van der Waals surface area (Å²) in [5.41, 5.74) is 3.47. The van der Waals surface area contributed by atoms with Gasteiger partial charge in [0.2, 0.25) is 5.91 Å². The zero-order valence-corrected chi connectivity index (χ0v) is 18.5. The minimum atomic E-state index is -0.282. The van der Waals surface area contributed by atoms with Gasteiger partial charge in [-0.15, -0.1) is 0 Å². The molecule has 0 N–H and O–H groups in total. The van der Waals surface area contributed by atoms with Gasteiger partial charge in [-0.2, -0.15) is 5.26 Å². The first-order chi connectivity index (χ1) is 13.8. The third-order valence-electron chi connectivity index (χ3n) is 5.96. The molecular weight excluding hydrogens is 364 g/mol. The van der Waals surface area contributed by atoms with Crippen molar-refractivity contribution in [1.29, 1.82) is 5.26 Å². The summed E-state index contributed by atoms with van der Waals surface area (Å²) < 4.78 is 6.09. The second kappa shape index (κ2) is 8.71. The van der Waals surface area contributed by atoms with Gasteiger partial charge in [0.15, 0.2) is 0 Å². The average molecular weight is 399 g/mol. The van der Waals surface area contributed by atoms with E-state index in [1.54, 1.807) is 0 Å². The van der Waals surface area contributed by atoms with E-state index in [0.717, 1.165) is 73.6 Å². The van der Waals surface area contributed by atoms with Gasteiger partial charge in [-0.1, -0.05) is 27.2 Å². The minimum absolute atomic E-state index is 0.177. The SMILES string of the molecule is CCCCC(=O)N1CCN(c2nc(C(C)C)c(C#N)c3c2COC(C)(C)C3)CC1. The summed E-state index contributed by atoms with van der Waals surface area (Å²) in [6, 6.07) is 2.43. The van der Waals surface area contributed by atoms with Crippen molar-refractivity contribution in [2.45, 2.75) is 78.4 Å². The second-order valence-corrected chi connectivity index (χ2v) is 9.12. The van der Waals surface area contributed by atoms with E-state index in [-0.39, 0.29) is 17.4 Å². The van der Waals surface area contributed by atoms with Crippen molar-refractivity contribution in [2.24, 2.45) is 0 Å². The van der Waals surface area contributed by atoms with Crippen LogP contribution in [-0.2, 0) is 22.6 Å². The van der Waals surface area contributed by atoms with Crippen LogP contribution in [0.2, 0.25) is 0 Å². The number of hydrogen-bond acceptors (Lipinski definition) is 5. The molecule has 0 saturated carbocycles. The number of rotatable bonds is 5. The normalized spacial score (nSPS) is 18.5. The number of carbonyl (C=O) groups is 1. The summed E-state index contributed by atoms with van der Waals surface area (Å²) in [6.45, 7) is 13.9. The highest BCUT2D eigenvalue weighted by Gasteiger charge is 2.34. The number of fused-ring (bicyclic) bond motifs is 1. The Hall–Kier alpha value is -2.13. The lowest BCUT2D eigenvalue weighted by Crippen LogP contribution is -2.49. The molecule has 29 heavy (non-hydrogen) atoms. The molecule has 158 valence electrons. The molecule has 0 atom stereocenters. The molecular formula is C23H34N4O2. The number of unbranched alkanes of at least 4 members (excludes halogenated alkanes) is 1. The number of hydrogen-bond donors (Lipinski definition) is 0. The van der Waals surface area contributed by atoms with Crippen LogP contribution in [0.5, 0.6) is 0 Å². The number of nitrogens with zero attached hydrogens (tertiary/aromatic N) is 4. The Balaban J connectivity index is 1.90. The second-order valence-electron chi connectivity index (χ2n) is 9.12.